The van der Waals surface area contributed by atoms with E-state index >= 15 is 0 Å². The highest BCUT2D eigenvalue weighted by Gasteiger charge is 2.33. The Morgan fingerprint density at radius 2 is 1.64 bits per heavy atom. The lowest BCUT2D eigenvalue weighted by Crippen LogP contribution is -3.00. The first-order valence-corrected chi connectivity index (χ1v) is 13.1. The van der Waals surface area contributed by atoms with Crippen molar-refractivity contribution in [1.29, 1.82) is 0 Å². The smallest absolute Gasteiger partial charge is 0.416 e. The number of aromatic nitrogens is 1. The normalized spacial score (nSPS) is 17.0. The highest BCUT2D eigenvalue weighted by atomic mass is 35.5. The van der Waals surface area contributed by atoms with Crippen molar-refractivity contribution >= 4 is 34.3 Å². The van der Waals surface area contributed by atoms with Crippen molar-refractivity contribution in [3.8, 4) is 0 Å². The highest BCUT2D eigenvalue weighted by molar-refractivity contribution is 5.99. The van der Waals surface area contributed by atoms with Gasteiger partial charge in [0.25, 0.3) is 0 Å². The maximum Gasteiger partial charge on any atom is 0.416 e. The highest BCUT2D eigenvalue weighted by Crippen LogP contribution is 2.29. The van der Waals surface area contributed by atoms with Gasteiger partial charge < -0.3 is 82.4 Å². The molecule has 0 unspecified atom stereocenters. The lowest BCUT2D eigenvalue weighted by atomic mass is 10.0. The zero-order valence-electron chi connectivity index (χ0n) is 23.7. The maximum atomic E-state index is 13.3. The van der Waals surface area contributed by atoms with Crippen molar-refractivity contribution in [1.82, 2.24) is 15.2 Å². The van der Waals surface area contributed by atoms with Crippen LogP contribution in [0.25, 0.3) is 10.9 Å². The van der Waals surface area contributed by atoms with E-state index in [-0.39, 0.29) is 86.9 Å². The average Bonchev–Trinajstić information content (AvgIpc) is 3.28. The number of hydrogen-bond acceptors (Lipinski definition) is 6. The van der Waals surface area contributed by atoms with Crippen LogP contribution < -0.4 is 77.5 Å². The number of hydrogen-bond donors (Lipinski definition) is 5. The first-order valence-electron chi connectivity index (χ1n) is 13.1. The second-order valence-corrected chi connectivity index (χ2v) is 10.2. The van der Waals surface area contributed by atoms with Crippen molar-refractivity contribution in [3.63, 3.8) is 0 Å². The molecule has 0 radical (unpaired) electrons. The summed E-state index contributed by atoms with van der Waals surface area (Å²) >= 11 is 0. The van der Waals surface area contributed by atoms with Gasteiger partial charge in [-0.15, -0.1) is 0 Å². The monoisotopic (exact) mass is 712 g/mol. The Hall–Kier alpha value is -2.91. The number of amides is 3. The summed E-state index contributed by atoms with van der Waals surface area (Å²) in [4.78, 5) is 44.7. The molecule has 0 aliphatic carbocycles. The topological polar surface area (TPSA) is 171 Å². The van der Waals surface area contributed by atoms with Crippen LogP contribution in [0.1, 0.15) is 24.0 Å². The summed E-state index contributed by atoms with van der Waals surface area (Å²) in [5, 5.41) is 6.10. The Morgan fingerprint density at radius 3 is 2.24 bits per heavy atom. The second kappa shape index (κ2) is 18.3. The molecule has 1 aliphatic rings. The van der Waals surface area contributed by atoms with Gasteiger partial charge in [0, 0.05) is 24.8 Å². The summed E-state index contributed by atoms with van der Waals surface area (Å²) < 4.78 is 39.0. The summed E-state index contributed by atoms with van der Waals surface area (Å²) in [6.07, 6.45) is -3.10. The summed E-state index contributed by atoms with van der Waals surface area (Å²) in [5.74, 6) is -1.47. The first kappa shape index (κ1) is 42.1. The van der Waals surface area contributed by atoms with Crippen LogP contribution in [-0.4, -0.2) is 64.9 Å². The number of benzene rings is 2. The molecule has 2 aromatic carbocycles. The number of nitrogens with one attached hydrogen (secondary N) is 2. The molecule has 9 N–H and O–H groups in total. The summed E-state index contributed by atoms with van der Waals surface area (Å²) in [6.45, 7) is 0.813. The van der Waals surface area contributed by atoms with Gasteiger partial charge in [-0.1, -0.05) is 30.3 Å². The van der Waals surface area contributed by atoms with Gasteiger partial charge in [-0.05, 0) is 36.2 Å². The molecular weight excluding hydrogens is 681 g/mol. The Morgan fingerprint density at radius 1 is 1.00 bits per heavy atom. The van der Waals surface area contributed by atoms with E-state index < -0.39 is 35.6 Å². The number of carbonyl (C=O) groups excluding carboxylic acids is 3. The van der Waals surface area contributed by atoms with Gasteiger partial charge >= 0.3 is 6.18 Å². The molecule has 0 bridgehead atoms. The first-order chi connectivity index (χ1) is 19.4. The molecule has 3 aromatic rings. The van der Waals surface area contributed by atoms with Crippen molar-refractivity contribution in [2.45, 2.75) is 49.6 Å². The molecule has 2 heterocycles. The molecule has 1 saturated heterocycles. The fourth-order valence-electron chi connectivity index (χ4n) is 4.59. The van der Waals surface area contributed by atoms with Crippen molar-refractivity contribution in [3.05, 3.63) is 71.9 Å². The van der Waals surface area contributed by atoms with E-state index in [1.165, 1.54) is 18.3 Å². The van der Waals surface area contributed by atoms with Gasteiger partial charge in [0.05, 0.1) is 41.6 Å². The molecule has 250 valence electrons. The van der Waals surface area contributed by atoms with Crippen LogP contribution >= 0.6 is 0 Å². The Bertz CT molecular complexity index is 1410. The van der Waals surface area contributed by atoms with E-state index in [9.17, 15) is 27.6 Å². The van der Waals surface area contributed by atoms with E-state index in [1.54, 1.807) is 11.0 Å². The number of quaternary nitrogens is 1. The number of anilines is 1. The molecule has 1 aromatic heterocycles. The molecule has 1 aliphatic heterocycles. The molecule has 3 amide bonds. The Labute approximate surface area is 283 Å². The van der Waals surface area contributed by atoms with Crippen LogP contribution in [0.15, 0.2) is 60.8 Å². The Balaban J connectivity index is 0.00000484. The largest absolute Gasteiger partial charge is 1.00 e. The van der Waals surface area contributed by atoms with Crippen molar-refractivity contribution in [2.24, 2.45) is 11.5 Å². The van der Waals surface area contributed by atoms with Crippen LogP contribution in [-0.2, 0) is 27.0 Å². The zero-order chi connectivity index (χ0) is 29.7. The lowest BCUT2D eigenvalue weighted by molar-refractivity contribution is -0.416. The summed E-state index contributed by atoms with van der Waals surface area (Å²) in [6, 6.07) is 10.8. The standard InChI is InChI=1S/C28H32F3N7O3.4ClH/c29-28(30,31)18-7-5-16(6-8-18)11-24(27(41)36-19-12-17-3-1-2-4-23(17)35-13-19)37-26(40)20(32)9-10-25(39)38-14-21(33)22(34)15-38;;;;/h1-8,12-13,20-22,24H,9-11,14-15,32-34H2,(H,36,41)(H,37,40);4*1H/p-3/t20-,21-,22-,24+;;;;/m0..../s1. The number of nitrogens with zero attached hydrogens (tertiary/aromatic N) is 2. The number of pyridine rings is 1. The number of carbonyl (C=O) groups is 3. The Kier molecular flexibility index (Phi) is 17.1. The molecular formula is C28H33Cl4F3N7O3-3. The second-order valence-electron chi connectivity index (χ2n) is 10.2. The van der Waals surface area contributed by atoms with Gasteiger partial charge in [-0.25, -0.2) is 0 Å². The fraction of sp³-hybridized carbons (Fsp3) is 0.357. The molecule has 17 heteroatoms. The molecule has 4 rings (SSSR count). The van der Waals surface area contributed by atoms with E-state index in [2.05, 4.69) is 21.4 Å². The minimum atomic E-state index is -4.51. The third kappa shape index (κ3) is 11.4. The number of fused-ring (bicyclic) bond motifs is 1. The molecule has 0 saturated carbocycles. The minimum Gasteiger partial charge on any atom is -1.00 e. The summed E-state index contributed by atoms with van der Waals surface area (Å²) in [5.41, 5.74) is 16.6. The lowest BCUT2D eigenvalue weighted by Gasteiger charge is -2.22. The predicted octanol–water partition coefficient (Wildman–Crippen LogP) is -11.2. The van der Waals surface area contributed by atoms with E-state index in [0.29, 0.717) is 24.3 Å². The van der Waals surface area contributed by atoms with Crippen LogP contribution in [0.4, 0.5) is 18.9 Å². The van der Waals surface area contributed by atoms with E-state index in [4.69, 9.17) is 11.5 Å². The van der Waals surface area contributed by atoms with Crippen LogP contribution in [0.5, 0.6) is 0 Å². The zero-order valence-corrected chi connectivity index (χ0v) is 26.8. The number of rotatable bonds is 9. The predicted molar refractivity (Wildman–Crippen MR) is 146 cm³/mol. The number of likely N-dealkylation sites (tertiary alicyclic amines) is 1. The molecule has 45 heavy (non-hydrogen) atoms. The molecule has 0 spiro atoms. The van der Waals surface area contributed by atoms with E-state index in [0.717, 1.165) is 23.0 Å². The third-order valence-electron chi connectivity index (χ3n) is 7.06. The SMILES string of the molecule is N[C@@H](CCC(=O)N1C[C@H](N)[C@@H]([NH3+])C1)C(=O)N[C@H](Cc1ccc(C(F)(F)F)cc1)C(=O)Nc1cnc2ccccc2c1.[Cl-].[Cl-].[Cl-].[Cl-]. The van der Waals surface area contributed by atoms with Crippen LogP contribution in [0.3, 0.4) is 0 Å². The van der Waals surface area contributed by atoms with Crippen LogP contribution in [0.2, 0.25) is 0 Å². The fourth-order valence-corrected chi connectivity index (χ4v) is 4.59. The van der Waals surface area contributed by atoms with Gasteiger partial charge in [-0.3, -0.25) is 19.4 Å². The third-order valence-corrected chi connectivity index (χ3v) is 7.06. The minimum absolute atomic E-state index is 0. The number of halogens is 7. The molecule has 1 fully saturated rings. The van der Waals surface area contributed by atoms with E-state index in [1.807, 2.05) is 24.3 Å². The van der Waals surface area contributed by atoms with Crippen molar-refractivity contribution < 1.29 is 82.9 Å². The van der Waals surface area contributed by atoms with Gasteiger partial charge in [-0.2, -0.15) is 13.2 Å². The number of nitrogens with two attached hydrogens (primary N) is 2. The number of alkyl halides is 3. The van der Waals surface area contributed by atoms with Gasteiger partial charge in [0.2, 0.25) is 17.7 Å². The maximum absolute atomic E-state index is 13.3. The average molecular weight is 714 g/mol. The van der Waals surface area contributed by atoms with Gasteiger partial charge in [0.1, 0.15) is 12.1 Å². The molecule has 4 atom stereocenters. The number of para-hydroxylation sites is 1. The van der Waals surface area contributed by atoms with Crippen molar-refractivity contribution in [2.75, 3.05) is 18.4 Å². The van der Waals surface area contributed by atoms with Crippen LogP contribution in [0, 0.1) is 0 Å². The molecule has 10 nitrogen and oxygen atoms in total. The summed E-state index contributed by atoms with van der Waals surface area (Å²) in [7, 11) is 0. The quantitative estimate of drug-likeness (QED) is 0.148. The van der Waals surface area contributed by atoms with Gasteiger partial charge in [0.15, 0.2) is 0 Å².